The molecular formula is C15H22FN3S. The molecule has 5 heteroatoms. The van der Waals surface area contributed by atoms with E-state index in [9.17, 15) is 4.39 Å². The van der Waals surface area contributed by atoms with Crippen molar-refractivity contribution in [2.45, 2.75) is 32.5 Å². The smallest absolute Gasteiger partial charge is 0.127 e. The predicted octanol–water partition coefficient (Wildman–Crippen LogP) is 1.98. The normalized spacial score (nSPS) is 24.8. The fourth-order valence-corrected chi connectivity index (χ4v) is 2.86. The lowest BCUT2D eigenvalue weighted by Crippen LogP contribution is -2.54. The van der Waals surface area contributed by atoms with E-state index in [2.05, 4.69) is 30.7 Å². The molecule has 1 aromatic rings. The van der Waals surface area contributed by atoms with Crippen LogP contribution in [0.15, 0.2) is 18.2 Å². The van der Waals surface area contributed by atoms with Crippen molar-refractivity contribution in [2.75, 3.05) is 20.1 Å². The summed E-state index contributed by atoms with van der Waals surface area (Å²) in [6.07, 6.45) is 0. The van der Waals surface area contributed by atoms with Crippen molar-refractivity contribution in [1.82, 2.24) is 9.80 Å². The molecule has 0 saturated carbocycles. The molecule has 2 unspecified atom stereocenters. The summed E-state index contributed by atoms with van der Waals surface area (Å²) in [6, 6.07) is 5.80. The molecule has 2 N–H and O–H groups in total. The molecule has 2 atom stereocenters. The highest BCUT2D eigenvalue weighted by Crippen LogP contribution is 2.18. The van der Waals surface area contributed by atoms with Crippen LogP contribution in [0, 0.1) is 5.82 Å². The zero-order valence-corrected chi connectivity index (χ0v) is 13.1. The zero-order valence-electron chi connectivity index (χ0n) is 12.3. The number of nitrogens with zero attached hydrogens (tertiary/aromatic N) is 2. The van der Waals surface area contributed by atoms with E-state index in [4.69, 9.17) is 18.0 Å². The minimum atomic E-state index is -0.191. The van der Waals surface area contributed by atoms with E-state index in [-0.39, 0.29) is 5.82 Å². The Kier molecular flexibility index (Phi) is 4.73. The largest absolute Gasteiger partial charge is 0.389 e. The van der Waals surface area contributed by atoms with Gasteiger partial charge in [-0.3, -0.25) is 9.80 Å². The van der Waals surface area contributed by atoms with Crippen molar-refractivity contribution >= 4 is 17.2 Å². The Morgan fingerprint density at radius 2 is 1.95 bits per heavy atom. The van der Waals surface area contributed by atoms with Gasteiger partial charge < -0.3 is 5.73 Å². The molecule has 1 aliphatic rings. The second-order valence-corrected chi connectivity index (χ2v) is 6.17. The number of nitrogens with two attached hydrogens (primary N) is 1. The van der Waals surface area contributed by atoms with Crippen molar-refractivity contribution in [1.29, 1.82) is 0 Å². The zero-order chi connectivity index (χ0) is 14.9. The maximum atomic E-state index is 13.9. The molecule has 1 heterocycles. The number of likely N-dealkylation sites (N-methyl/N-ethyl adjacent to an activating group) is 1. The molecule has 1 saturated heterocycles. The Morgan fingerprint density at radius 1 is 1.35 bits per heavy atom. The molecule has 1 aromatic carbocycles. The average Bonchev–Trinajstić information content (AvgIpc) is 2.38. The van der Waals surface area contributed by atoms with Gasteiger partial charge in [0.2, 0.25) is 0 Å². The van der Waals surface area contributed by atoms with Crippen LogP contribution in [0.3, 0.4) is 0 Å². The lowest BCUT2D eigenvalue weighted by atomic mass is 10.1. The van der Waals surface area contributed by atoms with Crippen LogP contribution in [-0.4, -0.2) is 47.0 Å². The van der Waals surface area contributed by atoms with Gasteiger partial charge in [0.1, 0.15) is 10.8 Å². The summed E-state index contributed by atoms with van der Waals surface area (Å²) in [5.41, 5.74) is 7.01. The van der Waals surface area contributed by atoms with Crippen LogP contribution in [0.4, 0.5) is 4.39 Å². The van der Waals surface area contributed by atoms with Gasteiger partial charge >= 0.3 is 0 Å². The van der Waals surface area contributed by atoms with Crippen LogP contribution < -0.4 is 5.73 Å². The molecule has 0 bridgehead atoms. The maximum Gasteiger partial charge on any atom is 0.127 e. The second-order valence-electron chi connectivity index (χ2n) is 5.73. The number of hydrogen-bond acceptors (Lipinski definition) is 3. The monoisotopic (exact) mass is 295 g/mol. The molecule has 2 rings (SSSR count). The molecule has 0 amide bonds. The van der Waals surface area contributed by atoms with Crippen LogP contribution in [0.1, 0.15) is 25.0 Å². The van der Waals surface area contributed by atoms with Crippen molar-refractivity contribution in [3.63, 3.8) is 0 Å². The van der Waals surface area contributed by atoms with Gasteiger partial charge in [0, 0.05) is 42.8 Å². The summed E-state index contributed by atoms with van der Waals surface area (Å²) >= 11 is 4.96. The third kappa shape index (κ3) is 3.34. The highest BCUT2D eigenvalue weighted by Gasteiger charge is 2.26. The van der Waals surface area contributed by atoms with Crippen molar-refractivity contribution in [3.05, 3.63) is 35.1 Å². The Hall–Kier alpha value is -1.04. The van der Waals surface area contributed by atoms with Gasteiger partial charge in [-0.1, -0.05) is 12.2 Å². The van der Waals surface area contributed by atoms with Crippen molar-refractivity contribution in [2.24, 2.45) is 5.73 Å². The van der Waals surface area contributed by atoms with E-state index in [1.807, 2.05) is 0 Å². The van der Waals surface area contributed by atoms with Gasteiger partial charge in [-0.2, -0.15) is 0 Å². The third-order valence-corrected chi connectivity index (χ3v) is 4.40. The molecule has 3 nitrogen and oxygen atoms in total. The van der Waals surface area contributed by atoms with E-state index in [0.29, 0.717) is 29.2 Å². The van der Waals surface area contributed by atoms with E-state index in [1.165, 1.54) is 6.07 Å². The van der Waals surface area contributed by atoms with Crippen molar-refractivity contribution in [3.8, 4) is 0 Å². The van der Waals surface area contributed by atoms with Gasteiger partial charge in [-0.25, -0.2) is 4.39 Å². The fourth-order valence-electron chi connectivity index (χ4n) is 2.73. The lowest BCUT2D eigenvalue weighted by Gasteiger charge is -2.42. The topological polar surface area (TPSA) is 32.5 Å². The van der Waals surface area contributed by atoms with E-state index >= 15 is 0 Å². The lowest BCUT2D eigenvalue weighted by molar-refractivity contribution is 0.0550. The fraction of sp³-hybridized carbons (Fsp3) is 0.533. The Bertz CT molecular complexity index is 494. The summed E-state index contributed by atoms with van der Waals surface area (Å²) in [5, 5.41) is 0. The minimum absolute atomic E-state index is 0.191. The molecule has 0 spiro atoms. The number of hydrogen-bond donors (Lipinski definition) is 1. The van der Waals surface area contributed by atoms with Crippen LogP contribution >= 0.6 is 12.2 Å². The Labute approximate surface area is 125 Å². The summed E-state index contributed by atoms with van der Waals surface area (Å²) < 4.78 is 13.9. The number of piperazine rings is 1. The molecule has 1 aliphatic heterocycles. The van der Waals surface area contributed by atoms with Gasteiger partial charge in [0.15, 0.2) is 0 Å². The number of halogens is 1. The number of rotatable bonds is 3. The van der Waals surface area contributed by atoms with Crippen molar-refractivity contribution < 1.29 is 4.39 Å². The Morgan fingerprint density at radius 3 is 2.50 bits per heavy atom. The second kappa shape index (κ2) is 6.16. The maximum absolute atomic E-state index is 13.9. The highest BCUT2D eigenvalue weighted by molar-refractivity contribution is 7.80. The third-order valence-electron chi connectivity index (χ3n) is 4.16. The van der Waals surface area contributed by atoms with Crippen LogP contribution in [0.25, 0.3) is 0 Å². The van der Waals surface area contributed by atoms with E-state index < -0.39 is 0 Å². The van der Waals surface area contributed by atoms with Crippen LogP contribution in [-0.2, 0) is 6.54 Å². The SMILES string of the molecule is CC1CN(Cc2cc(C(N)=S)ccc2F)CC(C)N1C. The van der Waals surface area contributed by atoms with Crippen LogP contribution in [0.2, 0.25) is 0 Å². The Balaban J connectivity index is 2.14. The first-order valence-electron chi connectivity index (χ1n) is 6.91. The number of thiocarbonyl (C=S) groups is 1. The predicted molar refractivity (Wildman–Crippen MR) is 84.3 cm³/mol. The first kappa shape index (κ1) is 15.4. The quantitative estimate of drug-likeness (QED) is 0.864. The minimum Gasteiger partial charge on any atom is -0.389 e. The molecule has 0 aliphatic carbocycles. The summed E-state index contributed by atoms with van der Waals surface area (Å²) in [4.78, 5) is 4.96. The van der Waals surface area contributed by atoms with Gasteiger partial charge in [-0.15, -0.1) is 0 Å². The molecule has 1 fully saturated rings. The molecule has 110 valence electrons. The average molecular weight is 295 g/mol. The van der Waals surface area contributed by atoms with Gasteiger partial charge in [0.25, 0.3) is 0 Å². The van der Waals surface area contributed by atoms with E-state index in [0.717, 1.165) is 18.7 Å². The van der Waals surface area contributed by atoms with Crippen LogP contribution in [0.5, 0.6) is 0 Å². The van der Waals surface area contributed by atoms with Gasteiger partial charge in [0.05, 0.1) is 0 Å². The number of benzene rings is 1. The molecule has 20 heavy (non-hydrogen) atoms. The highest BCUT2D eigenvalue weighted by atomic mass is 32.1. The molecule has 0 radical (unpaired) electrons. The molecular weight excluding hydrogens is 273 g/mol. The molecule has 0 aromatic heterocycles. The summed E-state index contributed by atoms with van der Waals surface area (Å²) in [6.45, 7) is 6.88. The summed E-state index contributed by atoms with van der Waals surface area (Å²) in [7, 11) is 2.14. The first-order valence-corrected chi connectivity index (χ1v) is 7.32. The standard InChI is InChI=1S/C15H22FN3S/c1-10-7-19(8-11(2)18(10)3)9-13-6-12(15(17)20)4-5-14(13)16/h4-6,10-11H,7-9H2,1-3H3,(H2,17,20). The van der Waals surface area contributed by atoms with E-state index in [1.54, 1.807) is 12.1 Å². The summed E-state index contributed by atoms with van der Waals surface area (Å²) in [5.74, 6) is -0.191. The van der Waals surface area contributed by atoms with Gasteiger partial charge in [-0.05, 0) is 39.1 Å². The first-order chi connectivity index (χ1) is 9.38.